The lowest BCUT2D eigenvalue weighted by Crippen LogP contribution is -2.39. The first-order chi connectivity index (χ1) is 8.63. The number of carbonyl (C=O) groups excluding carboxylic acids is 2. The summed E-state index contributed by atoms with van der Waals surface area (Å²) in [5.41, 5.74) is 0.899. The van der Waals surface area contributed by atoms with Crippen molar-refractivity contribution < 1.29 is 14.3 Å². The summed E-state index contributed by atoms with van der Waals surface area (Å²) in [4.78, 5) is 22.7. The van der Waals surface area contributed by atoms with Gasteiger partial charge in [0.1, 0.15) is 6.61 Å². The minimum absolute atomic E-state index is 0.119. The van der Waals surface area contributed by atoms with Crippen LogP contribution in [0.5, 0.6) is 0 Å². The van der Waals surface area contributed by atoms with Crippen molar-refractivity contribution in [3.63, 3.8) is 0 Å². The molecule has 4 heteroatoms. The molecule has 0 heterocycles. The Balaban J connectivity index is 2.41. The number of hydrogen-bond donors (Lipinski definition) is 1. The standard InChI is InChI=1S/C14H17NO3/c1-3-7-13(11(2)16)15-14(17)18-10-12-8-5-4-6-9-12/h3-6,8-9,13H,1,7,10H2,2H3,(H,15,17). The number of amides is 1. The van der Waals surface area contributed by atoms with E-state index in [-0.39, 0.29) is 12.4 Å². The number of hydrogen-bond acceptors (Lipinski definition) is 3. The number of ketones is 1. The van der Waals surface area contributed by atoms with Crippen LogP contribution in [0.4, 0.5) is 4.79 Å². The summed E-state index contributed by atoms with van der Waals surface area (Å²) in [5.74, 6) is -0.119. The van der Waals surface area contributed by atoms with E-state index in [4.69, 9.17) is 4.74 Å². The van der Waals surface area contributed by atoms with Crippen LogP contribution in [0, 0.1) is 0 Å². The van der Waals surface area contributed by atoms with E-state index in [1.807, 2.05) is 30.3 Å². The van der Waals surface area contributed by atoms with Crippen LogP contribution in [0.25, 0.3) is 0 Å². The summed E-state index contributed by atoms with van der Waals surface area (Å²) in [6, 6.07) is 8.78. The van der Waals surface area contributed by atoms with Crippen molar-refractivity contribution in [2.75, 3.05) is 0 Å². The first-order valence-corrected chi connectivity index (χ1v) is 5.72. The number of benzene rings is 1. The number of rotatable bonds is 6. The minimum Gasteiger partial charge on any atom is -0.445 e. The predicted octanol–water partition coefficient (Wildman–Crippen LogP) is 2.45. The van der Waals surface area contributed by atoms with Gasteiger partial charge in [0.15, 0.2) is 5.78 Å². The molecule has 0 saturated heterocycles. The summed E-state index contributed by atoms with van der Waals surface area (Å²) >= 11 is 0. The monoisotopic (exact) mass is 247 g/mol. The highest BCUT2D eigenvalue weighted by atomic mass is 16.5. The van der Waals surface area contributed by atoms with E-state index >= 15 is 0 Å². The second kappa shape index (κ2) is 7.27. The van der Waals surface area contributed by atoms with Crippen LogP contribution in [0.3, 0.4) is 0 Å². The van der Waals surface area contributed by atoms with Crippen molar-refractivity contribution in [1.82, 2.24) is 5.32 Å². The van der Waals surface area contributed by atoms with Gasteiger partial charge >= 0.3 is 6.09 Å². The molecule has 0 aliphatic carbocycles. The Hall–Kier alpha value is -2.10. The van der Waals surface area contributed by atoms with Crippen molar-refractivity contribution in [2.24, 2.45) is 0 Å². The molecule has 0 aliphatic rings. The average molecular weight is 247 g/mol. The topological polar surface area (TPSA) is 55.4 Å². The summed E-state index contributed by atoms with van der Waals surface area (Å²) < 4.78 is 5.02. The average Bonchev–Trinajstić information content (AvgIpc) is 2.37. The number of Topliss-reactive ketones (excluding diaryl/α,β-unsaturated/α-hetero) is 1. The van der Waals surface area contributed by atoms with Crippen molar-refractivity contribution in [3.05, 3.63) is 48.6 Å². The van der Waals surface area contributed by atoms with Gasteiger partial charge in [-0.1, -0.05) is 36.4 Å². The molecule has 4 nitrogen and oxygen atoms in total. The lowest BCUT2D eigenvalue weighted by atomic mass is 10.1. The normalized spacial score (nSPS) is 11.4. The van der Waals surface area contributed by atoms with E-state index in [2.05, 4.69) is 11.9 Å². The first-order valence-electron chi connectivity index (χ1n) is 5.72. The maximum absolute atomic E-state index is 11.5. The maximum Gasteiger partial charge on any atom is 0.408 e. The molecule has 0 fully saturated rings. The van der Waals surface area contributed by atoms with Gasteiger partial charge in [0, 0.05) is 0 Å². The molecular formula is C14H17NO3. The van der Waals surface area contributed by atoms with Gasteiger partial charge in [-0.2, -0.15) is 0 Å². The second-order valence-corrected chi connectivity index (χ2v) is 3.89. The van der Waals surface area contributed by atoms with E-state index in [0.717, 1.165) is 5.56 Å². The third kappa shape index (κ3) is 4.82. The van der Waals surface area contributed by atoms with Gasteiger partial charge < -0.3 is 10.1 Å². The van der Waals surface area contributed by atoms with Crippen LogP contribution in [-0.2, 0) is 16.1 Å². The summed E-state index contributed by atoms with van der Waals surface area (Å²) in [7, 11) is 0. The molecule has 1 amide bonds. The van der Waals surface area contributed by atoms with Gasteiger partial charge in [0.05, 0.1) is 6.04 Å². The molecule has 96 valence electrons. The molecule has 0 spiro atoms. The Labute approximate surface area is 107 Å². The van der Waals surface area contributed by atoms with Crippen LogP contribution in [0.15, 0.2) is 43.0 Å². The Kier molecular flexibility index (Phi) is 5.64. The second-order valence-electron chi connectivity index (χ2n) is 3.89. The fourth-order valence-electron chi connectivity index (χ4n) is 1.40. The molecule has 1 unspecified atom stereocenters. The van der Waals surface area contributed by atoms with E-state index in [9.17, 15) is 9.59 Å². The van der Waals surface area contributed by atoms with Crippen LogP contribution in [0.1, 0.15) is 18.9 Å². The van der Waals surface area contributed by atoms with Gasteiger partial charge in [0.25, 0.3) is 0 Å². The highest BCUT2D eigenvalue weighted by molar-refractivity contribution is 5.85. The van der Waals surface area contributed by atoms with Crippen LogP contribution in [-0.4, -0.2) is 17.9 Å². The lowest BCUT2D eigenvalue weighted by molar-refractivity contribution is -0.118. The third-order valence-electron chi connectivity index (χ3n) is 2.40. The van der Waals surface area contributed by atoms with Gasteiger partial charge in [-0.05, 0) is 18.9 Å². The van der Waals surface area contributed by atoms with Crippen molar-refractivity contribution >= 4 is 11.9 Å². The van der Waals surface area contributed by atoms with E-state index in [1.165, 1.54) is 6.92 Å². The molecule has 1 N–H and O–H groups in total. The Bertz CT molecular complexity index is 414. The zero-order valence-corrected chi connectivity index (χ0v) is 10.4. The number of carbonyl (C=O) groups is 2. The first kappa shape index (κ1) is 14.0. The molecule has 1 aromatic rings. The smallest absolute Gasteiger partial charge is 0.408 e. The number of alkyl carbamates (subject to hydrolysis) is 1. The van der Waals surface area contributed by atoms with Gasteiger partial charge in [-0.15, -0.1) is 6.58 Å². The highest BCUT2D eigenvalue weighted by Gasteiger charge is 2.15. The Morgan fingerprint density at radius 3 is 2.61 bits per heavy atom. The van der Waals surface area contributed by atoms with Gasteiger partial charge in [-0.25, -0.2) is 4.79 Å². The van der Waals surface area contributed by atoms with E-state index in [0.29, 0.717) is 6.42 Å². The highest BCUT2D eigenvalue weighted by Crippen LogP contribution is 2.01. The predicted molar refractivity (Wildman–Crippen MR) is 69.0 cm³/mol. The van der Waals surface area contributed by atoms with Crippen molar-refractivity contribution in [2.45, 2.75) is 26.0 Å². The largest absolute Gasteiger partial charge is 0.445 e. The van der Waals surface area contributed by atoms with Crippen LogP contribution < -0.4 is 5.32 Å². The molecule has 0 aromatic heterocycles. The fraction of sp³-hybridized carbons (Fsp3) is 0.286. The van der Waals surface area contributed by atoms with Crippen molar-refractivity contribution in [3.8, 4) is 0 Å². The zero-order chi connectivity index (χ0) is 13.4. The fourth-order valence-corrected chi connectivity index (χ4v) is 1.40. The quantitative estimate of drug-likeness (QED) is 0.785. The Morgan fingerprint density at radius 2 is 2.06 bits per heavy atom. The molecule has 1 atom stereocenters. The Morgan fingerprint density at radius 1 is 1.39 bits per heavy atom. The van der Waals surface area contributed by atoms with E-state index < -0.39 is 12.1 Å². The number of nitrogens with one attached hydrogen (secondary N) is 1. The summed E-state index contributed by atoms with van der Waals surface area (Å²) in [6.07, 6.45) is 1.39. The number of ether oxygens (including phenoxy) is 1. The lowest BCUT2D eigenvalue weighted by Gasteiger charge is -2.13. The van der Waals surface area contributed by atoms with E-state index in [1.54, 1.807) is 6.08 Å². The molecule has 18 heavy (non-hydrogen) atoms. The molecule has 1 aromatic carbocycles. The summed E-state index contributed by atoms with van der Waals surface area (Å²) in [5, 5.41) is 2.51. The molecular weight excluding hydrogens is 230 g/mol. The molecule has 0 saturated carbocycles. The SMILES string of the molecule is C=CCC(NC(=O)OCc1ccccc1)C(C)=O. The van der Waals surface area contributed by atoms with Gasteiger partial charge in [-0.3, -0.25) is 4.79 Å². The summed E-state index contributed by atoms with van der Waals surface area (Å²) in [6.45, 7) is 5.15. The zero-order valence-electron chi connectivity index (χ0n) is 10.4. The maximum atomic E-state index is 11.5. The minimum atomic E-state index is -0.596. The van der Waals surface area contributed by atoms with Gasteiger partial charge in [0.2, 0.25) is 0 Å². The molecule has 0 bridgehead atoms. The molecule has 1 rings (SSSR count). The molecule has 0 aliphatic heterocycles. The third-order valence-corrected chi connectivity index (χ3v) is 2.40. The molecule has 0 radical (unpaired) electrons. The van der Waals surface area contributed by atoms with Crippen LogP contribution >= 0.6 is 0 Å². The van der Waals surface area contributed by atoms with Crippen LogP contribution in [0.2, 0.25) is 0 Å². The van der Waals surface area contributed by atoms with Crippen molar-refractivity contribution in [1.29, 1.82) is 0 Å².